The lowest BCUT2D eigenvalue weighted by Gasteiger charge is -2.15. The van der Waals surface area contributed by atoms with Crippen molar-refractivity contribution < 1.29 is 14.3 Å². The van der Waals surface area contributed by atoms with Gasteiger partial charge in [-0.05, 0) is 62.1 Å². The van der Waals surface area contributed by atoms with Gasteiger partial charge in [0.05, 0.1) is 19.6 Å². The number of aryl methyl sites for hydroxylation is 2. The molecule has 4 heteroatoms. The Bertz CT molecular complexity index is 738. The van der Waals surface area contributed by atoms with Gasteiger partial charge in [-0.2, -0.15) is 0 Å². The van der Waals surface area contributed by atoms with Crippen molar-refractivity contribution in [1.82, 2.24) is 5.32 Å². The van der Waals surface area contributed by atoms with Crippen LogP contribution in [0.4, 0.5) is 0 Å². The predicted octanol–water partition coefficient (Wildman–Crippen LogP) is 3.96. The molecule has 0 saturated carbocycles. The van der Waals surface area contributed by atoms with E-state index in [1.165, 1.54) is 11.1 Å². The van der Waals surface area contributed by atoms with E-state index in [2.05, 4.69) is 31.3 Å². The fraction of sp³-hybridized carbons (Fsp3) is 0.381. The van der Waals surface area contributed by atoms with E-state index in [0.717, 1.165) is 11.1 Å². The van der Waals surface area contributed by atoms with Gasteiger partial charge in [-0.15, -0.1) is 0 Å². The van der Waals surface area contributed by atoms with E-state index in [-0.39, 0.29) is 12.0 Å². The van der Waals surface area contributed by atoms with Crippen molar-refractivity contribution in [3.8, 4) is 11.5 Å². The van der Waals surface area contributed by atoms with E-state index in [9.17, 15) is 4.79 Å². The molecule has 0 unspecified atom stereocenters. The fourth-order valence-corrected chi connectivity index (χ4v) is 2.54. The summed E-state index contributed by atoms with van der Waals surface area (Å²) in [7, 11) is 1.62. The molecule has 0 radical (unpaired) electrons. The number of amides is 1. The normalized spacial score (nSPS) is 10.6. The van der Waals surface area contributed by atoms with Crippen molar-refractivity contribution in [2.75, 3.05) is 7.11 Å². The maximum absolute atomic E-state index is 12.2. The average Bonchev–Trinajstić information content (AvgIpc) is 2.57. The third-order valence-electron chi connectivity index (χ3n) is 4.02. The summed E-state index contributed by atoms with van der Waals surface area (Å²) >= 11 is 0. The highest BCUT2D eigenvalue weighted by Gasteiger charge is 2.09. The summed E-state index contributed by atoms with van der Waals surface area (Å²) in [6.45, 7) is 8.53. The molecule has 2 aromatic rings. The lowest BCUT2D eigenvalue weighted by molar-refractivity contribution is -0.120. The highest BCUT2D eigenvalue weighted by Crippen LogP contribution is 2.28. The number of carbonyl (C=O) groups excluding carboxylic acids is 1. The van der Waals surface area contributed by atoms with Crippen LogP contribution in [0, 0.1) is 13.8 Å². The van der Waals surface area contributed by atoms with Gasteiger partial charge in [0.25, 0.3) is 0 Å². The molecule has 0 fully saturated rings. The van der Waals surface area contributed by atoms with E-state index in [1.807, 2.05) is 38.1 Å². The Balaban J connectivity index is 1.95. The first-order chi connectivity index (χ1) is 11.9. The van der Waals surface area contributed by atoms with Gasteiger partial charge < -0.3 is 14.8 Å². The van der Waals surface area contributed by atoms with E-state index < -0.39 is 0 Å². The molecule has 134 valence electrons. The minimum absolute atomic E-state index is 0.00438. The predicted molar refractivity (Wildman–Crippen MR) is 100 cm³/mol. The van der Waals surface area contributed by atoms with Crippen molar-refractivity contribution in [3.63, 3.8) is 0 Å². The SMILES string of the molecule is COc1cc(CNC(=O)Cc2ccc(C)c(C)c2)ccc1OC(C)C. The third-order valence-corrected chi connectivity index (χ3v) is 4.02. The first-order valence-electron chi connectivity index (χ1n) is 8.55. The number of hydrogen-bond acceptors (Lipinski definition) is 3. The molecular formula is C21H27NO3. The Labute approximate surface area is 150 Å². The number of benzene rings is 2. The molecule has 0 spiro atoms. The lowest BCUT2D eigenvalue weighted by Crippen LogP contribution is -2.24. The van der Waals surface area contributed by atoms with E-state index in [0.29, 0.717) is 24.5 Å². The van der Waals surface area contributed by atoms with Gasteiger partial charge in [-0.3, -0.25) is 4.79 Å². The Morgan fingerprint density at radius 2 is 1.72 bits per heavy atom. The van der Waals surface area contributed by atoms with Crippen LogP contribution in [0.25, 0.3) is 0 Å². The number of ether oxygens (including phenoxy) is 2. The molecule has 4 nitrogen and oxygen atoms in total. The second-order valence-corrected chi connectivity index (χ2v) is 6.52. The van der Waals surface area contributed by atoms with Gasteiger partial charge in [0.1, 0.15) is 0 Å². The monoisotopic (exact) mass is 341 g/mol. The zero-order valence-electron chi connectivity index (χ0n) is 15.7. The van der Waals surface area contributed by atoms with Crippen molar-refractivity contribution in [2.24, 2.45) is 0 Å². The zero-order valence-corrected chi connectivity index (χ0v) is 15.7. The summed E-state index contributed by atoms with van der Waals surface area (Å²) in [6.07, 6.45) is 0.463. The molecule has 0 bridgehead atoms. The maximum Gasteiger partial charge on any atom is 0.224 e. The molecule has 2 rings (SSSR count). The van der Waals surface area contributed by atoms with E-state index in [1.54, 1.807) is 7.11 Å². The molecule has 0 aliphatic heterocycles. The number of hydrogen-bond donors (Lipinski definition) is 1. The molecule has 0 saturated heterocycles. The third kappa shape index (κ3) is 5.52. The van der Waals surface area contributed by atoms with Crippen LogP contribution in [0.2, 0.25) is 0 Å². The van der Waals surface area contributed by atoms with Crippen LogP contribution in [0.15, 0.2) is 36.4 Å². The highest BCUT2D eigenvalue weighted by atomic mass is 16.5. The van der Waals surface area contributed by atoms with Crippen molar-refractivity contribution in [3.05, 3.63) is 58.7 Å². The summed E-state index contributed by atoms with van der Waals surface area (Å²) in [5.74, 6) is 1.39. The summed E-state index contributed by atoms with van der Waals surface area (Å²) in [5.41, 5.74) is 4.44. The van der Waals surface area contributed by atoms with Crippen LogP contribution in [-0.4, -0.2) is 19.1 Å². The minimum Gasteiger partial charge on any atom is -0.493 e. The molecule has 25 heavy (non-hydrogen) atoms. The molecule has 0 aromatic heterocycles. The molecular weight excluding hydrogens is 314 g/mol. The van der Waals surface area contributed by atoms with Gasteiger partial charge in [-0.1, -0.05) is 24.3 Å². The highest BCUT2D eigenvalue weighted by molar-refractivity contribution is 5.78. The van der Waals surface area contributed by atoms with Crippen LogP contribution in [0.1, 0.15) is 36.1 Å². The zero-order chi connectivity index (χ0) is 18.4. The molecule has 0 aliphatic carbocycles. The van der Waals surface area contributed by atoms with Gasteiger partial charge in [0.15, 0.2) is 11.5 Å². The summed E-state index contributed by atoms with van der Waals surface area (Å²) in [4.78, 5) is 12.2. The fourth-order valence-electron chi connectivity index (χ4n) is 2.54. The van der Waals surface area contributed by atoms with Crippen LogP contribution >= 0.6 is 0 Å². The van der Waals surface area contributed by atoms with Gasteiger partial charge in [0, 0.05) is 6.54 Å². The van der Waals surface area contributed by atoms with Gasteiger partial charge in [0.2, 0.25) is 5.91 Å². The quantitative estimate of drug-likeness (QED) is 0.829. The number of nitrogens with one attached hydrogen (secondary N) is 1. The van der Waals surface area contributed by atoms with E-state index >= 15 is 0 Å². The number of methoxy groups -OCH3 is 1. The second kappa shape index (κ2) is 8.56. The second-order valence-electron chi connectivity index (χ2n) is 6.52. The van der Waals surface area contributed by atoms with Gasteiger partial charge >= 0.3 is 0 Å². The first kappa shape index (κ1) is 18.8. The van der Waals surface area contributed by atoms with E-state index in [4.69, 9.17) is 9.47 Å². The standard InChI is InChI=1S/C21H27NO3/c1-14(2)25-19-9-8-18(11-20(19)24-5)13-22-21(23)12-17-7-6-15(3)16(4)10-17/h6-11,14H,12-13H2,1-5H3,(H,22,23). The van der Waals surface area contributed by atoms with Crippen LogP contribution in [-0.2, 0) is 17.8 Å². The Morgan fingerprint density at radius 3 is 2.36 bits per heavy atom. The maximum atomic E-state index is 12.2. The summed E-state index contributed by atoms with van der Waals surface area (Å²) < 4.78 is 11.1. The topological polar surface area (TPSA) is 47.6 Å². The molecule has 1 amide bonds. The molecule has 0 aliphatic rings. The van der Waals surface area contributed by atoms with Crippen molar-refractivity contribution in [2.45, 2.75) is 46.8 Å². The van der Waals surface area contributed by atoms with Crippen molar-refractivity contribution in [1.29, 1.82) is 0 Å². The Morgan fingerprint density at radius 1 is 1.00 bits per heavy atom. The van der Waals surface area contributed by atoms with Gasteiger partial charge in [-0.25, -0.2) is 0 Å². The largest absolute Gasteiger partial charge is 0.493 e. The molecule has 2 aromatic carbocycles. The molecule has 1 N–H and O–H groups in total. The average molecular weight is 341 g/mol. The van der Waals surface area contributed by atoms with Crippen LogP contribution in [0.5, 0.6) is 11.5 Å². The van der Waals surface area contributed by atoms with Crippen LogP contribution in [0.3, 0.4) is 0 Å². The number of rotatable bonds is 7. The van der Waals surface area contributed by atoms with Crippen molar-refractivity contribution >= 4 is 5.91 Å². The first-order valence-corrected chi connectivity index (χ1v) is 8.55. The summed E-state index contributed by atoms with van der Waals surface area (Å²) in [5, 5.41) is 2.96. The smallest absolute Gasteiger partial charge is 0.224 e. The number of carbonyl (C=O) groups is 1. The minimum atomic E-state index is 0.00438. The summed E-state index contributed by atoms with van der Waals surface area (Å²) in [6, 6.07) is 11.8. The molecule has 0 heterocycles. The Kier molecular flexibility index (Phi) is 6.45. The van der Waals surface area contributed by atoms with Crippen LogP contribution < -0.4 is 14.8 Å². The lowest BCUT2D eigenvalue weighted by atomic mass is 10.0. The molecule has 0 atom stereocenters. The Hall–Kier alpha value is -2.49.